The fraction of sp³-hybridized carbons (Fsp3) is 0.364. The molecular formula is C11H14ClNO4S. The molecular weight excluding hydrogens is 278 g/mol. The van der Waals surface area contributed by atoms with Crippen molar-refractivity contribution in [3.05, 3.63) is 35.9 Å². The Bertz CT molecular complexity index is 489. The number of hydrogen-bond acceptors (Lipinski definition) is 3. The summed E-state index contributed by atoms with van der Waals surface area (Å²) in [6, 6.07) is 8.70. The predicted octanol–water partition coefficient (Wildman–Crippen LogP) is 1.82. The van der Waals surface area contributed by atoms with Crippen LogP contribution in [0.15, 0.2) is 30.3 Å². The summed E-state index contributed by atoms with van der Waals surface area (Å²) in [4.78, 5) is 10.6. The second-order valence-corrected chi connectivity index (χ2v) is 6.70. The summed E-state index contributed by atoms with van der Waals surface area (Å²) in [5.41, 5.74) is 1.02. The summed E-state index contributed by atoms with van der Waals surface area (Å²) in [7, 11) is 1.41. The third kappa shape index (κ3) is 6.46. The molecule has 7 heteroatoms. The number of hydrogen-bond donors (Lipinski definition) is 2. The van der Waals surface area contributed by atoms with E-state index in [1.807, 2.05) is 30.3 Å². The number of aryl methyl sites for hydroxylation is 1. The zero-order valence-corrected chi connectivity index (χ0v) is 11.1. The molecule has 0 spiro atoms. The molecule has 0 saturated carbocycles. The van der Waals surface area contributed by atoms with Gasteiger partial charge in [0, 0.05) is 16.7 Å². The number of nitrogens with one attached hydrogen (secondary N) is 1. The number of benzene rings is 1. The lowest BCUT2D eigenvalue weighted by molar-refractivity contribution is 0.190. The Kier molecular flexibility index (Phi) is 5.43. The molecule has 0 bridgehead atoms. The first-order chi connectivity index (χ1) is 8.37. The lowest BCUT2D eigenvalue weighted by Gasteiger charge is -2.15. The van der Waals surface area contributed by atoms with E-state index in [2.05, 4.69) is 5.32 Å². The average Bonchev–Trinajstić information content (AvgIpc) is 2.24. The van der Waals surface area contributed by atoms with Crippen molar-refractivity contribution in [3.63, 3.8) is 0 Å². The van der Waals surface area contributed by atoms with E-state index in [4.69, 9.17) is 15.8 Å². The zero-order chi connectivity index (χ0) is 13.6. The van der Waals surface area contributed by atoms with Gasteiger partial charge < -0.3 is 10.4 Å². The highest BCUT2D eigenvalue weighted by Gasteiger charge is 2.18. The van der Waals surface area contributed by atoms with E-state index in [9.17, 15) is 13.2 Å². The van der Waals surface area contributed by atoms with E-state index in [1.54, 1.807) is 0 Å². The third-order valence-electron chi connectivity index (χ3n) is 2.35. The summed E-state index contributed by atoms with van der Waals surface area (Å²) >= 11 is 0. The van der Waals surface area contributed by atoms with Gasteiger partial charge in [-0.1, -0.05) is 30.3 Å². The van der Waals surface area contributed by atoms with Gasteiger partial charge in [-0.3, -0.25) is 0 Å². The van der Waals surface area contributed by atoms with Crippen LogP contribution in [0.4, 0.5) is 4.79 Å². The van der Waals surface area contributed by atoms with Crippen molar-refractivity contribution in [1.29, 1.82) is 0 Å². The second-order valence-electron chi connectivity index (χ2n) is 3.88. The van der Waals surface area contributed by atoms with E-state index in [0.717, 1.165) is 5.56 Å². The molecule has 0 aromatic heterocycles. The molecule has 2 N–H and O–H groups in total. The van der Waals surface area contributed by atoms with Crippen LogP contribution in [0, 0.1) is 0 Å². The average molecular weight is 292 g/mol. The minimum atomic E-state index is -3.73. The Morgan fingerprint density at radius 3 is 2.44 bits per heavy atom. The van der Waals surface area contributed by atoms with Crippen LogP contribution in [0.5, 0.6) is 0 Å². The van der Waals surface area contributed by atoms with Crippen molar-refractivity contribution in [3.8, 4) is 0 Å². The molecule has 1 aromatic carbocycles. The molecule has 100 valence electrons. The van der Waals surface area contributed by atoms with Crippen molar-refractivity contribution >= 4 is 25.8 Å². The van der Waals surface area contributed by atoms with Crippen LogP contribution in [0.2, 0.25) is 0 Å². The standard InChI is InChI=1S/C11H14ClNO4S/c12-18(16,17)8-10(13-11(14)15)7-6-9-4-2-1-3-5-9/h1-5,10,13H,6-8H2,(H,14,15)/t10-/m0/s1. The van der Waals surface area contributed by atoms with Crippen LogP contribution in [0.25, 0.3) is 0 Å². The molecule has 0 aliphatic rings. The summed E-state index contributed by atoms with van der Waals surface area (Å²) < 4.78 is 21.9. The Morgan fingerprint density at radius 2 is 1.94 bits per heavy atom. The number of halogens is 1. The van der Waals surface area contributed by atoms with Gasteiger partial charge >= 0.3 is 6.09 Å². The summed E-state index contributed by atoms with van der Waals surface area (Å²) in [5.74, 6) is -0.409. The fourth-order valence-electron chi connectivity index (χ4n) is 1.60. The third-order valence-corrected chi connectivity index (χ3v) is 3.53. The molecule has 1 rings (SSSR count). The molecule has 0 aliphatic carbocycles. The van der Waals surface area contributed by atoms with Crippen LogP contribution in [-0.2, 0) is 15.5 Å². The quantitative estimate of drug-likeness (QED) is 0.783. The molecule has 0 heterocycles. The number of carboxylic acid groups (broad SMARTS) is 1. The Labute approximate surface area is 110 Å². The van der Waals surface area contributed by atoms with E-state index in [1.165, 1.54) is 0 Å². The zero-order valence-electron chi connectivity index (χ0n) is 9.54. The summed E-state index contributed by atoms with van der Waals surface area (Å²) in [5, 5.41) is 10.8. The first-order valence-electron chi connectivity index (χ1n) is 5.32. The Balaban J connectivity index is 2.59. The maximum absolute atomic E-state index is 11.0. The molecule has 0 aliphatic heterocycles. The fourth-order valence-corrected chi connectivity index (χ4v) is 2.78. The maximum Gasteiger partial charge on any atom is 0.404 e. The van der Waals surface area contributed by atoms with Crippen molar-refractivity contribution in [2.45, 2.75) is 18.9 Å². The van der Waals surface area contributed by atoms with E-state index >= 15 is 0 Å². The van der Waals surface area contributed by atoms with Crippen molar-refractivity contribution < 1.29 is 18.3 Å². The molecule has 18 heavy (non-hydrogen) atoms. The summed E-state index contributed by atoms with van der Waals surface area (Å²) in [6.07, 6.45) is -0.297. The van der Waals surface area contributed by atoms with Crippen LogP contribution in [0.1, 0.15) is 12.0 Å². The SMILES string of the molecule is O=C(O)N[C@@H](CCc1ccccc1)CS(=O)(=O)Cl. The van der Waals surface area contributed by atoms with E-state index in [-0.39, 0.29) is 0 Å². The molecule has 0 saturated heterocycles. The predicted molar refractivity (Wildman–Crippen MR) is 69.4 cm³/mol. The number of carbonyl (C=O) groups is 1. The molecule has 0 fully saturated rings. The van der Waals surface area contributed by atoms with Crippen LogP contribution >= 0.6 is 10.7 Å². The number of rotatable bonds is 6. The summed E-state index contributed by atoms with van der Waals surface area (Å²) in [6.45, 7) is 0. The first kappa shape index (κ1) is 14.8. The van der Waals surface area contributed by atoms with Gasteiger partial charge in [-0.25, -0.2) is 13.2 Å². The normalized spacial score (nSPS) is 12.9. The van der Waals surface area contributed by atoms with E-state index in [0.29, 0.717) is 12.8 Å². The van der Waals surface area contributed by atoms with Crippen LogP contribution < -0.4 is 5.32 Å². The van der Waals surface area contributed by atoms with Gasteiger partial charge in [-0.05, 0) is 18.4 Å². The van der Waals surface area contributed by atoms with Gasteiger partial charge in [-0.15, -0.1) is 0 Å². The largest absolute Gasteiger partial charge is 0.465 e. The first-order valence-corrected chi connectivity index (χ1v) is 7.80. The highest BCUT2D eigenvalue weighted by molar-refractivity contribution is 8.13. The van der Waals surface area contributed by atoms with Crippen LogP contribution in [-0.4, -0.2) is 31.4 Å². The Hall–Kier alpha value is -1.27. The lowest BCUT2D eigenvalue weighted by atomic mass is 10.1. The van der Waals surface area contributed by atoms with Crippen LogP contribution in [0.3, 0.4) is 0 Å². The monoisotopic (exact) mass is 291 g/mol. The molecule has 0 radical (unpaired) electrons. The molecule has 5 nitrogen and oxygen atoms in total. The molecule has 1 aromatic rings. The Morgan fingerprint density at radius 1 is 1.33 bits per heavy atom. The topological polar surface area (TPSA) is 83.5 Å². The smallest absolute Gasteiger partial charge is 0.404 e. The number of amides is 1. The lowest BCUT2D eigenvalue weighted by Crippen LogP contribution is -2.38. The molecule has 1 atom stereocenters. The van der Waals surface area contributed by atoms with Gasteiger partial charge in [0.2, 0.25) is 9.05 Å². The van der Waals surface area contributed by atoms with Crippen molar-refractivity contribution in [1.82, 2.24) is 5.32 Å². The highest BCUT2D eigenvalue weighted by atomic mass is 35.7. The van der Waals surface area contributed by atoms with E-state index < -0.39 is 26.9 Å². The van der Waals surface area contributed by atoms with Gasteiger partial charge in [0.15, 0.2) is 0 Å². The second kappa shape index (κ2) is 6.61. The highest BCUT2D eigenvalue weighted by Crippen LogP contribution is 2.08. The minimum Gasteiger partial charge on any atom is -0.465 e. The van der Waals surface area contributed by atoms with Gasteiger partial charge in [0.1, 0.15) is 0 Å². The maximum atomic E-state index is 11.0. The van der Waals surface area contributed by atoms with Gasteiger partial charge in [0.05, 0.1) is 5.75 Å². The minimum absolute atomic E-state index is 0.377. The van der Waals surface area contributed by atoms with Crippen molar-refractivity contribution in [2.75, 3.05) is 5.75 Å². The van der Waals surface area contributed by atoms with Crippen molar-refractivity contribution in [2.24, 2.45) is 0 Å². The molecule has 0 unspecified atom stereocenters. The van der Waals surface area contributed by atoms with Gasteiger partial charge in [0.25, 0.3) is 0 Å². The molecule has 1 amide bonds. The van der Waals surface area contributed by atoms with Gasteiger partial charge in [-0.2, -0.15) is 0 Å².